The number of fused-ring (bicyclic) bond motifs is 6. The number of benzene rings is 6. The van der Waals surface area contributed by atoms with Gasteiger partial charge in [-0.2, -0.15) is 15.8 Å². The highest BCUT2D eigenvalue weighted by Gasteiger charge is 2.24. The lowest BCUT2D eigenvalue weighted by atomic mass is 9.91. The molecule has 210 valence electrons. The molecule has 6 aromatic carbocycles. The Hall–Kier alpha value is -7.12. The third-order valence-electron chi connectivity index (χ3n) is 8.56. The Morgan fingerprint density at radius 2 is 1.22 bits per heavy atom. The Morgan fingerprint density at radius 1 is 0.587 bits per heavy atom. The van der Waals surface area contributed by atoms with Crippen LogP contribution in [0.4, 0.5) is 5.69 Å². The van der Waals surface area contributed by atoms with Crippen LogP contribution in [0.25, 0.3) is 76.5 Å². The molecule has 0 radical (unpaired) electrons. The molecule has 0 amide bonds. The van der Waals surface area contributed by atoms with Gasteiger partial charge in [-0.15, -0.1) is 0 Å². The van der Waals surface area contributed by atoms with Crippen molar-refractivity contribution >= 4 is 49.4 Å². The number of hydrogen-bond acceptors (Lipinski definition) is 4. The molecule has 2 aromatic heterocycles. The third kappa shape index (κ3) is 3.73. The van der Waals surface area contributed by atoms with Gasteiger partial charge in [-0.3, -0.25) is 0 Å². The summed E-state index contributed by atoms with van der Waals surface area (Å²) in [5, 5.41) is 34.1. The summed E-state index contributed by atoms with van der Waals surface area (Å²) in [7, 11) is 0. The number of hydrogen-bond donors (Lipinski definition) is 0. The predicted octanol–water partition coefficient (Wildman–Crippen LogP) is 10.2. The Kier molecular flexibility index (Phi) is 5.91. The molecule has 0 fully saturated rings. The van der Waals surface area contributed by atoms with Gasteiger partial charge in [0.05, 0.1) is 46.9 Å². The molecule has 46 heavy (non-hydrogen) atoms. The zero-order valence-electron chi connectivity index (χ0n) is 24.1. The summed E-state index contributed by atoms with van der Waals surface area (Å²) in [4.78, 5) is 3.78. The minimum atomic E-state index is 0.386. The highest BCUT2D eigenvalue weighted by Crippen LogP contribution is 2.46. The van der Waals surface area contributed by atoms with Crippen LogP contribution < -0.4 is 0 Å². The van der Waals surface area contributed by atoms with Crippen molar-refractivity contribution in [2.24, 2.45) is 0 Å². The van der Waals surface area contributed by atoms with Crippen molar-refractivity contribution in [3.63, 3.8) is 0 Å². The largest absolute Gasteiger partial charge is 0.456 e. The number of furan rings is 1. The van der Waals surface area contributed by atoms with Crippen molar-refractivity contribution in [1.82, 2.24) is 4.57 Å². The van der Waals surface area contributed by atoms with Gasteiger partial charge >= 0.3 is 0 Å². The molecule has 0 saturated heterocycles. The molecule has 6 heteroatoms. The Balaban J connectivity index is 1.59. The van der Waals surface area contributed by atoms with Gasteiger partial charge in [0.2, 0.25) is 0 Å². The molecular formula is C40H19N5O. The molecule has 8 aromatic rings. The van der Waals surface area contributed by atoms with Gasteiger partial charge in [-0.05, 0) is 54.1 Å². The van der Waals surface area contributed by atoms with Gasteiger partial charge in [0.15, 0.2) is 5.69 Å². The van der Waals surface area contributed by atoms with Crippen LogP contribution in [-0.4, -0.2) is 4.57 Å². The van der Waals surface area contributed by atoms with Crippen LogP contribution in [-0.2, 0) is 0 Å². The number of nitrogens with zero attached hydrogens (tertiary/aromatic N) is 5. The molecular weight excluding hydrogens is 566 g/mol. The van der Waals surface area contributed by atoms with Crippen LogP contribution in [0.15, 0.2) is 120 Å². The maximum absolute atomic E-state index is 10.2. The number of rotatable bonds is 3. The summed E-state index contributed by atoms with van der Waals surface area (Å²) < 4.78 is 8.29. The molecule has 0 aliphatic rings. The van der Waals surface area contributed by atoms with Crippen molar-refractivity contribution in [1.29, 1.82) is 15.8 Å². The fourth-order valence-electron chi connectivity index (χ4n) is 6.69. The van der Waals surface area contributed by atoms with E-state index in [1.54, 1.807) is 36.4 Å². The lowest BCUT2D eigenvalue weighted by Gasteiger charge is -2.14. The van der Waals surface area contributed by atoms with Crippen molar-refractivity contribution in [3.05, 3.63) is 143 Å². The van der Waals surface area contributed by atoms with Crippen LogP contribution in [0, 0.1) is 40.6 Å². The smallest absolute Gasteiger partial charge is 0.196 e. The zero-order chi connectivity index (χ0) is 31.4. The van der Waals surface area contributed by atoms with Crippen LogP contribution in [0.3, 0.4) is 0 Å². The average Bonchev–Trinajstić information content (AvgIpc) is 3.66. The summed E-state index contributed by atoms with van der Waals surface area (Å²) in [6.45, 7) is 7.92. The predicted molar refractivity (Wildman–Crippen MR) is 179 cm³/mol. The fraction of sp³-hybridized carbons (Fsp3) is 0. The van der Waals surface area contributed by atoms with Crippen molar-refractivity contribution in [2.45, 2.75) is 0 Å². The highest BCUT2D eigenvalue weighted by atomic mass is 16.3. The lowest BCUT2D eigenvalue weighted by molar-refractivity contribution is 0.669. The van der Waals surface area contributed by atoms with Gasteiger partial charge in [-0.1, -0.05) is 66.7 Å². The first-order chi connectivity index (χ1) is 22.7. The molecule has 0 spiro atoms. The third-order valence-corrected chi connectivity index (χ3v) is 8.56. The van der Waals surface area contributed by atoms with Gasteiger partial charge in [0, 0.05) is 49.5 Å². The van der Waals surface area contributed by atoms with E-state index in [9.17, 15) is 15.8 Å². The maximum atomic E-state index is 10.2. The van der Waals surface area contributed by atoms with Crippen molar-refractivity contribution in [3.8, 4) is 46.1 Å². The fourth-order valence-corrected chi connectivity index (χ4v) is 6.69. The minimum absolute atomic E-state index is 0.386. The molecule has 0 aliphatic carbocycles. The molecule has 0 atom stereocenters. The Bertz CT molecular complexity index is 2690. The van der Waals surface area contributed by atoms with Crippen molar-refractivity contribution < 1.29 is 4.42 Å². The number of aromatic nitrogens is 1. The van der Waals surface area contributed by atoms with Crippen LogP contribution in [0.5, 0.6) is 0 Å². The Morgan fingerprint density at radius 3 is 1.98 bits per heavy atom. The van der Waals surface area contributed by atoms with E-state index < -0.39 is 0 Å². The van der Waals surface area contributed by atoms with Gasteiger partial charge in [0.1, 0.15) is 11.2 Å². The van der Waals surface area contributed by atoms with Gasteiger partial charge in [0.25, 0.3) is 0 Å². The van der Waals surface area contributed by atoms with E-state index in [2.05, 4.69) is 33.7 Å². The Labute approximate surface area is 263 Å². The second-order valence-corrected chi connectivity index (χ2v) is 10.9. The van der Waals surface area contributed by atoms with E-state index in [0.717, 1.165) is 60.6 Å². The topological polar surface area (TPSA) is 93.8 Å². The normalized spacial score (nSPS) is 11.0. The summed E-state index contributed by atoms with van der Waals surface area (Å²) >= 11 is 0. The lowest BCUT2D eigenvalue weighted by Crippen LogP contribution is -1.97. The summed E-state index contributed by atoms with van der Waals surface area (Å²) in [5.74, 6) is 0. The first kappa shape index (κ1) is 26.5. The van der Waals surface area contributed by atoms with Gasteiger partial charge in [-0.25, -0.2) is 4.85 Å². The van der Waals surface area contributed by atoms with E-state index in [1.165, 1.54) is 0 Å². The SMILES string of the molecule is [C-]#[N+]c1cccc(C#N)c1-c1cccc2c1c1cccc(-c3c(C#N)cccc3C#N)c1n2-c1ccc2oc3ccccc3c2c1. The van der Waals surface area contributed by atoms with E-state index in [1.807, 2.05) is 72.8 Å². The number of nitriles is 3. The standard InChI is InChI=1S/C40H19N5O/c1-44-33-15-5-10-26(23-43)38(33)29-12-7-16-34-39(29)31-14-6-13-30(37-24(21-41)8-4-9-25(37)22-42)40(31)45(34)27-18-19-36-32(20-27)28-11-2-3-17-35(28)46-36/h2-20H. The maximum Gasteiger partial charge on any atom is 0.196 e. The molecule has 2 heterocycles. The van der Waals surface area contributed by atoms with E-state index in [4.69, 9.17) is 11.0 Å². The molecule has 0 bridgehead atoms. The highest BCUT2D eigenvalue weighted by molar-refractivity contribution is 6.20. The van der Waals surface area contributed by atoms with Crippen LogP contribution >= 0.6 is 0 Å². The molecule has 0 aliphatic heterocycles. The summed E-state index contributed by atoms with van der Waals surface area (Å²) in [6.07, 6.45) is 0. The number of para-hydroxylation sites is 2. The van der Waals surface area contributed by atoms with Crippen molar-refractivity contribution in [2.75, 3.05) is 0 Å². The molecule has 0 N–H and O–H groups in total. The van der Waals surface area contributed by atoms with E-state index >= 15 is 0 Å². The quantitative estimate of drug-likeness (QED) is 0.193. The molecule has 6 nitrogen and oxygen atoms in total. The van der Waals surface area contributed by atoms with Gasteiger partial charge < -0.3 is 8.98 Å². The second kappa shape index (κ2) is 10.3. The first-order valence-electron chi connectivity index (χ1n) is 14.5. The molecule has 0 saturated carbocycles. The van der Waals surface area contributed by atoms with Crippen LogP contribution in [0.2, 0.25) is 0 Å². The second-order valence-electron chi connectivity index (χ2n) is 10.9. The van der Waals surface area contributed by atoms with Crippen LogP contribution in [0.1, 0.15) is 16.7 Å². The average molecular weight is 586 g/mol. The summed E-state index contributed by atoms with van der Waals surface area (Å²) in [6, 6.07) is 43.0. The molecule has 8 rings (SSSR count). The monoisotopic (exact) mass is 585 g/mol. The minimum Gasteiger partial charge on any atom is -0.456 e. The zero-order valence-corrected chi connectivity index (χ0v) is 24.1. The van der Waals surface area contributed by atoms with E-state index in [0.29, 0.717) is 33.5 Å². The molecule has 0 unspecified atom stereocenters. The first-order valence-corrected chi connectivity index (χ1v) is 14.5. The van der Waals surface area contributed by atoms with E-state index in [-0.39, 0.29) is 0 Å². The summed E-state index contributed by atoms with van der Waals surface area (Å²) in [5.41, 5.74) is 8.25.